The van der Waals surface area contributed by atoms with Crippen molar-refractivity contribution in [3.8, 4) is 10.4 Å². The predicted molar refractivity (Wildman–Crippen MR) is 131 cm³/mol. The molecule has 4 aromatic rings. The first-order valence-electron chi connectivity index (χ1n) is 10.6. The number of aliphatic hydroxyl groups is 1. The van der Waals surface area contributed by atoms with Gasteiger partial charge >= 0.3 is 0 Å². The van der Waals surface area contributed by atoms with Crippen LogP contribution in [0.15, 0.2) is 78.9 Å². The molecule has 5 nitrogen and oxygen atoms in total. The number of carbonyl (C=O) groups is 1. The minimum Gasteiger partial charge on any atom is -0.399 e. The highest BCUT2D eigenvalue weighted by Gasteiger charge is 2.27. The zero-order valence-corrected chi connectivity index (χ0v) is 18.5. The van der Waals surface area contributed by atoms with Crippen LogP contribution in [0.1, 0.15) is 27.0 Å². The van der Waals surface area contributed by atoms with Crippen LogP contribution in [-0.2, 0) is 6.42 Å². The number of nitrogens with zero attached hydrogens (tertiary/aromatic N) is 1. The van der Waals surface area contributed by atoms with Crippen LogP contribution in [0.25, 0.3) is 10.4 Å². The minimum absolute atomic E-state index is 0.0842. The molecule has 1 aliphatic heterocycles. The lowest BCUT2D eigenvalue weighted by Gasteiger charge is -2.23. The van der Waals surface area contributed by atoms with Gasteiger partial charge in [0.15, 0.2) is 6.23 Å². The highest BCUT2D eigenvalue weighted by molar-refractivity contribution is 7.15. The van der Waals surface area contributed by atoms with Crippen LogP contribution < -0.4 is 16.0 Å². The fraction of sp³-hybridized carbons (Fsp3) is 0.115. The average Bonchev–Trinajstić information content (AvgIpc) is 3.19. The molecule has 0 saturated carbocycles. The Hall–Kier alpha value is -3.68. The molecule has 0 aliphatic carbocycles. The number of nitrogens with two attached hydrogens (primary N) is 1. The van der Waals surface area contributed by atoms with E-state index in [-0.39, 0.29) is 11.6 Å². The average molecular weight is 460 g/mol. The summed E-state index contributed by atoms with van der Waals surface area (Å²) in [4.78, 5) is 16.8. The number of fused-ring (bicyclic) bond motifs is 3. The molecule has 1 aromatic heterocycles. The number of carbonyl (C=O) groups excluding carboxylic acids is 1. The van der Waals surface area contributed by atoms with Gasteiger partial charge in [-0.15, -0.1) is 11.3 Å². The highest BCUT2D eigenvalue weighted by Crippen LogP contribution is 2.43. The summed E-state index contributed by atoms with van der Waals surface area (Å²) >= 11 is 1.45. The molecule has 7 heteroatoms. The number of para-hydroxylation sites is 2. The molecule has 0 saturated heterocycles. The van der Waals surface area contributed by atoms with Crippen LogP contribution in [0.2, 0.25) is 0 Å². The molecule has 166 valence electrons. The fourth-order valence-corrected chi connectivity index (χ4v) is 5.22. The third-order valence-corrected chi connectivity index (χ3v) is 6.97. The number of halogens is 1. The number of anilines is 3. The second-order valence-electron chi connectivity index (χ2n) is 7.88. The minimum atomic E-state index is -1.04. The van der Waals surface area contributed by atoms with Crippen molar-refractivity contribution in [1.29, 1.82) is 0 Å². The summed E-state index contributed by atoms with van der Waals surface area (Å²) < 4.78 is 14.0. The van der Waals surface area contributed by atoms with Gasteiger partial charge in [-0.05, 0) is 60.5 Å². The Morgan fingerprint density at radius 3 is 2.58 bits per heavy atom. The van der Waals surface area contributed by atoms with Gasteiger partial charge in [0.05, 0.1) is 16.3 Å². The van der Waals surface area contributed by atoms with E-state index >= 15 is 0 Å². The third-order valence-electron chi connectivity index (χ3n) is 5.71. The van der Waals surface area contributed by atoms with E-state index in [2.05, 4.69) is 5.32 Å². The summed E-state index contributed by atoms with van der Waals surface area (Å²) in [6, 6.07) is 22.9. The Balaban J connectivity index is 1.48. The molecule has 33 heavy (non-hydrogen) atoms. The smallest absolute Gasteiger partial charge is 0.258 e. The molecule has 1 amide bonds. The van der Waals surface area contributed by atoms with Gasteiger partial charge in [0.1, 0.15) is 5.82 Å². The van der Waals surface area contributed by atoms with Crippen LogP contribution in [0.4, 0.5) is 21.5 Å². The summed E-state index contributed by atoms with van der Waals surface area (Å²) in [5.41, 5.74) is 10.0. The van der Waals surface area contributed by atoms with Gasteiger partial charge in [-0.25, -0.2) is 4.39 Å². The van der Waals surface area contributed by atoms with E-state index in [9.17, 15) is 14.3 Å². The van der Waals surface area contributed by atoms with Crippen molar-refractivity contribution in [2.24, 2.45) is 0 Å². The Morgan fingerprint density at radius 1 is 1.06 bits per heavy atom. The molecular formula is C26H22FN3O2S. The lowest BCUT2D eigenvalue weighted by molar-refractivity contribution is 0.0987. The number of amides is 1. The standard InChI is InChI=1S/C26H22FN3O2S/c27-20-6-2-3-7-21(20)29-25(31)23-15-17-13-14-30(26(32)16-9-11-18(28)12-10-16)22-8-4-1-5-19(22)24(17)33-23/h1-12,15,25,29,31H,13-14,28H2. The number of thiophene rings is 1. The van der Waals surface area contributed by atoms with Gasteiger partial charge in [0.25, 0.3) is 5.91 Å². The van der Waals surface area contributed by atoms with E-state index in [0.29, 0.717) is 29.1 Å². The highest BCUT2D eigenvalue weighted by atomic mass is 32.1. The van der Waals surface area contributed by atoms with E-state index < -0.39 is 12.0 Å². The molecule has 0 radical (unpaired) electrons. The molecule has 4 N–H and O–H groups in total. The molecule has 0 bridgehead atoms. The van der Waals surface area contributed by atoms with Crippen molar-refractivity contribution in [2.45, 2.75) is 12.6 Å². The van der Waals surface area contributed by atoms with Crippen LogP contribution in [0, 0.1) is 5.82 Å². The number of rotatable bonds is 4. The molecule has 5 rings (SSSR count). The number of nitrogens with one attached hydrogen (secondary N) is 1. The van der Waals surface area contributed by atoms with Crippen LogP contribution in [0.5, 0.6) is 0 Å². The van der Waals surface area contributed by atoms with Crippen molar-refractivity contribution in [3.63, 3.8) is 0 Å². The van der Waals surface area contributed by atoms with E-state index in [4.69, 9.17) is 5.73 Å². The first kappa shape index (κ1) is 21.2. The van der Waals surface area contributed by atoms with Crippen LogP contribution >= 0.6 is 11.3 Å². The maximum atomic E-state index is 14.0. The molecular weight excluding hydrogens is 437 g/mol. The summed E-state index contributed by atoms with van der Waals surface area (Å²) in [7, 11) is 0. The molecule has 1 aliphatic rings. The molecule has 1 unspecified atom stereocenters. The number of aliphatic hydroxyl groups excluding tert-OH is 1. The monoisotopic (exact) mass is 459 g/mol. The zero-order valence-electron chi connectivity index (χ0n) is 17.7. The second kappa shape index (κ2) is 8.69. The molecule has 0 spiro atoms. The predicted octanol–water partition coefficient (Wildman–Crippen LogP) is 5.44. The first-order valence-corrected chi connectivity index (χ1v) is 11.4. The van der Waals surface area contributed by atoms with Crippen molar-refractivity contribution in [3.05, 3.63) is 101 Å². The Kier molecular flexibility index (Phi) is 5.58. The zero-order chi connectivity index (χ0) is 22.9. The summed E-state index contributed by atoms with van der Waals surface area (Å²) in [5, 5.41) is 13.6. The van der Waals surface area contributed by atoms with Gasteiger partial charge < -0.3 is 21.1 Å². The summed E-state index contributed by atoms with van der Waals surface area (Å²) in [5.74, 6) is -0.504. The lowest BCUT2D eigenvalue weighted by atomic mass is 10.1. The maximum Gasteiger partial charge on any atom is 0.258 e. The third kappa shape index (κ3) is 4.08. The maximum absolute atomic E-state index is 14.0. The van der Waals surface area contributed by atoms with Gasteiger partial charge in [0, 0.05) is 28.2 Å². The molecule has 1 atom stereocenters. The Labute approximate surface area is 194 Å². The molecule has 3 aromatic carbocycles. The van der Waals surface area contributed by atoms with Crippen molar-refractivity contribution in [2.75, 3.05) is 22.5 Å². The quantitative estimate of drug-likeness (QED) is 0.280. The van der Waals surface area contributed by atoms with E-state index in [1.807, 2.05) is 30.3 Å². The molecule has 0 fully saturated rings. The number of nitrogen functional groups attached to an aromatic ring is 1. The number of hydrogen-bond donors (Lipinski definition) is 3. The van der Waals surface area contributed by atoms with Crippen molar-refractivity contribution < 1.29 is 14.3 Å². The lowest BCUT2D eigenvalue weighted by Crippen LogP contribution is -2.32. The number of hydrogen-bond acceptors (Lipinski definition) is 5. The topological polar surface area (TPSA) is 78.6 Å². The van der Waals surface area contributed by atoms with Crippen molar-refractivity contribution >= 4 is 34.3 Å². The molecule has 2 heterocycles. The van der Waals surface area contributed by atoms with E-state index in [0.717, 1.165) is 21.7 Å². The second-order valence-corrected chi connectivity index (χ2v) is 8.96. The van der Waals surface area contributed by atoms with Gasteiger partial charge in [-0.3, -0.25) is 4.79 Å². The van der Waals surface area contributed by atoms with Crippen LogP contribution in [-0.4, -0.2) is 17.6 Å². The van der Waals surface area contributed by atoms with Crippen molar-refractivity contribution in [1.82, 2.24) is 0 Å². The Morgan fingerprint density at radius 2 is 1.79 bits per heavy atom. The van der Waals surface area contributed by atoms with Gasteiger partial charge in [-0.2, -0.15) is 0 Å². The Bertz CT molecular complexity index is 1320. The largest absolute Gasteiger partial charge is 0.399 e. The number of benzene rings is 3. The van der Waals surface area contributed by atoms with E-state index in [1.54, 1.807) is 47.4 Å². The fourth-order valence-electron chi connectivity index (χ4n) is 4.04. The summed E-state index contributed by atoms with van der Waals surface area (Å²) in [6.45, 7) is 0.500. The van der Waals surface area contributed by atoms with Gasteiger partial charge in [0.2, 0.25) is 0 Å². The van der Waals surface area contributed by atoms with E-state index in [1.165, 1.54) is 17.4 Å². The van der Waals surface area contributed by atoms with Crippen LogP contribution in [0.3, 0.4) is 0 Å². The van der Waals surface area contributed by atoms with Gasteiger partial charge in [-0.1, -0.05) is 30.3 Å². The first-order chi connectivity index (χ1) is 16.0. The summed E-state index contributed by atoms with van der Waals surface area (Å²) in [6.07, 6.45) is -0.410. The normalized spacial score (nSPS) is 13.6. The SMILES string of the molecule is Nc1ccc(C(=O)N2CCc3cc(C(O)Nc4ccccc4F)sc3-c3ccccc32)cc1.